The summed E-state index contributed by atoms with van der Waals surface area (Å²) >= 11 is -1.50. The monoisotopic (exact) mass is 309 g/mol. The number of nitrogens with two attached hydrogens (primary N) is 1. The predicted octanol–water partition coefficient (Wildman–Crippen LogP) is 0.959. The van der Waals surface area contributed by atoms with E-state index in [-0.39, 0.29) is 17.8 Å². The molecule has 1 aromatic rings. The first-order valence-corrected chi connectivity index (χ1v) is 7.83. The number of aliphatic hydroxyl groups excluding tert-OH is 1. The van der Waals surface area contributed by atoms with E-state index in [0.29, 0.717) is 17.8 Å². The molecule has 1 aromatic heterocycles. The lowest BCUT2D eigenvalue weighted by molar-refractivity contribution is -0.116. The van der Waals surface area contributed by atoms with Gasteiger partial charge in [-0.05, 0) is 32.1 Å². The van der Waals surface area contributed by atoms with Gasteiger partial charge in [0.2, 0.25) is 0 Å². The largest absolute Gasteiger partial charge is 0.598 e. The smallest absolute Gasteiger partial charge is 0.163 e. The lowest BCUT2D eigenvalue weighted by Crippen LogP contribution is -2.38. The van der Waals surface area contributed by atoms with Gasteiger partial charge in [0.05, 0.1) is 11.4 Å². The Balaban J connectivity index is 2.11. The normalized spacial score (nSPS) is 19.3. The van der Waals surface area contributed by atoms with E-state index < -0.39 is 22.3 Å². The Morgan fingerprint density at radius 2 is 2.33 bits per heavy atom. The van der Waals surface area contributed by atoms with E-state index in [1.165, 1.54) is 0 Å². The molecule has 0 fully saturated rings. The van der Waals surface area contributed by atoms with E-state index in [1.807, 2.05) is 0 Å². The van der Waals surface area contributed by atoms with Crippen molar-refractivity contribution in [3.63, 3.8) is 0 Å². The maximum atomic E-state index is 12.3. The second-order valence-electron chi connectivity index (χ2n) is 5.56. The van der Waals surface area contributed by atoms with Crippen LogP contribution >= 0.6 is 0 Å². The average molecular weight is 309 g/mol. The number of carbonyl (C=O) groups is 1. The molecule has 2 heterocycles. The van der Waals surface area contributed by atoms with Crippen LogP contribution in [0.25, 0.3) is 6.08 Å². The molecule has 6 nitrogen and oxygen atoms in total. The lowest BCUT2D eigenvalue weighted by Gasteiger charge is -2.25. The minimum atomic E-state index is -1.50. The van der Waals surface area contributed by atoms with E-state index in [2.05, 4.69) is 10.3 Å². The number of nitrogens with one attached hydrogen (secondary N) is 1. The molecule has 0 saturated carbocycles. The summed E-state index contributed by atoms with van der Waals surface area (Å²) in [6.07, 6.45) is 2.71. The van der Waals surface area contributed by atoms with Crippen LogP contribution in [0.1, 0.15) is 32.4 Å². The second-order valence-corrected chi connectivity index (χ2v) is 7.26. The highest BCUT2D eigenvalue weighted by atomic mass is 32.2. The third-order valence-electron chi connectivity index (χ3n) is 3.54. The number of hydrogen-bond acceptors (Lipinski definition) is 6. The van der Waals surface area contributed by atoms with Gasteiger partial charge in [-0.1, -0.05) is 0 Å². The third kappa shape index (κ3) is 3.62. The molecule has 0 radical (unpaired) electrons. The molecule has 114 valence electrons. The molecule has 7 heteroatoms. The molecule has 0 spiro atoms. The molecule has 0 saturated heterocycles. The molecule has 1 aliphatic heterocycles. The molecule has 2 unspecified atom stereocenters. The van der Waals surface area contributed by atoms with Crippen molar-refractivity contribution in [1.29, 1.82) is 0 Å². The molecule has 0 aromatic carbocycles. The van der Waals surface area contributed by atoms with Crippen LogP contribution < -0.4 is 10.5 Å². The van der Waals surface area contributed by atoms with Crippen molar-refractivity contribution >= 4 is 28.9 Å². The Morgan fingerprint density at radius 3 is 3.00 bits per heavy atom. The minimum absolute atomic E-state index is 0.169. The Kier molecular flexibility index (Phi) is 4.67. The van der Waals surface area contributed by atoms with Gasteiger partial charge >= 0.3 is 0 Å². The number of anilines is 1. The molecule has 21 heavy (non-hydrogen) atoms. The van der Waals surface area contributed by atoms with Crippen molar-refractivity contribution in [2.75, 3.05) is 5.32 Å². The molecule has 0 aliphatic carbocycles. The summed E-state index contributed by atoms with van der Waals surface area (Å²) in [7, 11) is 0. The average Bonchev–Trinajstić information content (AvgIpc) is 2.44. The summed E-state index contributed by atoms with van der Waals surface area (Å²) in [4.78, 5) is 16.4. The molecule has 2 rings (SSSR count). The lowest BCUT2D eigenvalue weighted by atomic mass is 9.97. The van der Waals surface area contributed by atoms with Crippen molar-refractivity contribution in [3.8, 4) is 0 Å². The molecule has 0 bridgehead atoms. The number of aromatic nitrogens is 1. The minimum Gasteiger partial charge on any atom is -0.598 e. The van der Waals surface area contributed by atoms with Gasteiger partial charge < -0.3 is 15.0 Å². The van der Waals surface area contributed by atoms with Gasteiger partial charge in [-0.15, -0.1) is 0 Å². The fourth-order valence-corrected chi connectivity index (χ4v) is 2.30. The Labute approximate surface area is 126 Å². The highest BCUT2D eigenvalue weighted by Crippen LogP contribution is 2.27. The summed E-state index contributed by atoms with van der Waals surface area (Å²) in [6.45, 7) is 3.49. The fourth-order valence-electron chi connectivity index (χ4n) is 2.00. The van der Waals surface area contributed by atoms with E-state index in [1.54, 1.807) is 38.3 Å². The topological polar surface area (TPSA) is 111 Å². The van der Waals surface area contributed by atoms with Crippen molar-refractivity contribution < 1.29 is 14.5 Å². The van der Waals surface area contributed by atoms with Crippen LogP contribution in [0, 0.1) is 0 Å². The zero-order valence-corrected chi connectivity index (χ0v) is 12.8. The SMILES string of the molecule is CC(C)(CCC(=O)C1=Cc2ncccc2NC1O)[S+](N)[O-]. The number of aliphatic hydroxyl groups is 1. The predicted molar refractivity (Wildman–Crippen MR) is 82.5 cm³/mol. The summed E-state index contributed by atoms with van der Waals surface area (Å²) in [5.74, 6) is -0.204. The first-order chi connectivity index (χ1) is 9.81. The van der Waals surface area contributed by atoms with Gasteiger partial charge in [0.15, 0.2) is 12.0 Å². The van der Waals surface area contributed by atoms with E-state index in [0.717, 1.165) is 0 Å². The number of nitrogens with zero attached hydrogens (tertiary/aromatic N) is 1. The Morgan fingerprint density at radius 1 is 1.62 bits per heavy atom. The highest BCUT2D eigenvalue weighted by molar-refractivity contribution is 7.90. The van der Waals surface area contributed by atoms with E-state index >= 15 is 0 Å². The number of carbonyl (C=O) groups excluding carboxylic acids is 1. The summed E-state index contributed by atoms with van der Waals surface area (Å²) in [6, 6.07) is 3.53. The number of pyridine rings is 1. The Bertz CT molecular complexity index is 572. The number of fused-ring (bicyclic) bond motifs is 1. The molecule has 2 atom stereocenters. The van der Waals surface area contributed by atoms with Gasteiger partial charge in [0, 0.05) is 36.0 Å². The van der Waals surface area contributed by atoms with Gasteiger partial charge in [0.1, 0.15) is 4.75 Å². The molecular weight excluding hydrogens is 290 g/mol. The van der Waals surface area contributed by atoms with Gasteiger partial charge in [0.25, 0.3) is 0 Å². The molecule has 1 aliphatic rings. The second kappa shape index (κ2) is 6.15. The van der Waals surface area contributed by atoms with Crippen LogP contribution in [-0.4, -0.2) is 31.4 Å². The summed E-state index contributed by atoms with van der Waals surface area (Å²) in [5, 5.41) is 18.2. The quantitative estimate of drug-likeness (QED) is 0.699. The van der Waals surface area contributed by atoms with Crippen molar-refractivity contribution in [2.45, 2.75) is 37.7 Å². The molecule has 0 amide bonds. The van der Waals surface area contributed by atoms with Crippen molar-refractivity contribution in [1.82, 2.24) is 4.98 Å². The first-order valence-electron chi connectivity index (χ1n) is 6.62. The van der Waals surface area contributed by atoms with Gasteiger partial charge in [-0.2, -0.15) is 5.14 Å². The number of Topliss-reactive ketones (excluding diaryl/α,β-unsaturated/α-hetero) is 1. The fraction of sp³-hybridized carbons (Fsp3) is 0.429. The molecular formula is C14H19N3O3S. The summed E-state index contributed by atoms with van der Waals surface area (Å²) in [5.41, 5.74) is 1.57. The van der Waals surface area contributed by atoms with Crippen LogP contribution in [0.3, 0.4) is 0 Å². The van der Waals surface area contributed by atoms with Crippen molar-refractivity contribution in [3.05, 3.63) is 29.6 Å². The van der Waals surface area contributed by atoms with Gasteiger partial charge in [-0.3, -0.25) is 9.78 Å². The van der Waals surface area contributed by atoms with Crippen LogP contribution in [0.4, 0.5) is 5.69 Å². The number of rotatable bonds is 5. The van der Waals surface area contributed by atoms with Crippen LogP contribution in [-0.2, 0) is 16.2 Å². The van der Waals surface area contributed by atoms with E-state index in [4.69, 9.17) is 5.14 Å². The third-order valence-corrected chi connectivity index (χ3v) is 4.83. The van der Waals surface area contributed by atoms with Crippen LogP contribution in [0.5, 0.6) is 0 Å². The zero-order chi connectivity index (χ0) is 15.6. The standard InChI is InChI=1S/C14H19N3O3S/c1-14(2,21(15)20)6-5-12(18)9-8-11-10(17-13(9)19)4-3-7-16-11/h3-4,7-8,13,17,19H,5-6,15H2,1-2H3. The Hall–Kier alpha value is -1.41. The number of hydrogen-bond donors (Lipinski definition) is 3. The zero-order valence-electron chi connectivity index (χ0n) is 12.0. The van der Waals surface area contributed by atoms with Crippen LogP contribution in [0.15, 0.2) is 23.9 Å². The number of ketones is 1. The van der Waals surface area contributed by atoms with Gasteiger partial charge in [-0.25, -0.2) is 0 Å². The van der Waals surface area contributed by atoms with E-state index in [9.17, 15) is 14.5 Å². The van der Waals surface area contributed by atoms with Crippen molar-refractivity contribution in [2.24, 2.45) is 5.14 Å². The van der Waals surface area contributed by atoms with Crippen LogP contribution in [0.2, 0.25) is 0 Å². The maximum Gasteiger partial charge on any atom is 0.163 e. The summed E-state index contributed by atoms with van der Waals surface area (Å²) < 4.78 is 10.7. The molecule has 4 N–H and O–H groups in total. The highest BCUT2D eigenvalue weighted by Gasteiger charge is 2.32. The maximum absolute atomic E-state index is 12.3. The first kappa shape index (κ1) is 16.0.